The number of hydrogen-bond donors (Lipinski definition) is 1. The van der Waals surface area contributed by atoms with Crippen molar-refractivity contribution in [2.75, 3.05) is 5.32 Å². The summed E-state index contributed by atoms with van der Waals surface area (Å²) in [4.78, 5) is 0. The molecule has 1 unspecified atom stereocenters. The van der Waals surface area contributed by atoms with Gasteiger partial charge in [-0.3, -0.25) is 0 Å². The molecular weight excluding hydrogens is 245 g/mol. The molecular formula is C11H15BrFN. The number of halogens is 2. The lowest BCUT2D eigenvalue weighted by atomic mass is 10.1. The Kier molecular flexibility index (Phi) is 3.93. The van der Waals surface area contributed by atoms with Crippen molar-refractivity contribution in [2.24, 2.45) is 5.92 Å². The number of para-hydroxylation sites is 1. The van der Waals surface area contributed by atoms with E-state index in [1.807, 2.05) is 13.0 Å². The molecule has 0 aliphatic rings. The molecule has 0 bridgehead atoms. The molecule has 0 amide bonds. The standard InChI is InChI=1S/C11H15BrFN/c1-7(2)8(3)14-11-9(12)5-4-6-10(11)13/h4-8,14H,1-3H3. The van der Waals surface area contributed by atoms with Gasteiger partial charge in [0, 0.05) is 10.5 Å². The van der Waals surface area contributed by atoms with E-state index in [9.17, 15) is 4.39 Å². The minimum Gasteiger partial charge on any atom is -0.379 e. The fraction of sp³-hybridized carbons (Fsp3) is 0.455. The molecule has 1 aromatic carbocycles. The summed E-state index contributed by atoms with van der Waals surface area (Å²) in [5.74, 6) is 0.258. The van der Waals surface area contributed by atoms with Crippen molar-refractivity contribution in [2.45, 2.75) is 26.8 Å². The maximum absolute atomic E-state index is 13.4. The minimum absolute atomic E-state index is 0.216. The van der Waals surface area contributed by atoms with E-state index in [0.29, 0.717) is 11.6 Å². The zero-order valence-corrected chi connectivity index (χ0v) is 10.2. The maximum Gasteiger partial charge on any atom is 0.147 e. The quantitative estimate of drug-likeness (QED) is 0.864. The second-order valence-electron chi connectivity index (χ2n) is 3.77. The first-order valence-electron chi connectivity index (χ1n) is 4.73. The van der Waals surface area contributed by atoms with Crippen LogP contribution in [0.1, 0.15) is 20.8 Å². The highest BCUT2D eigenvalue weighted by Crippen LogP contribution is 2.26. The van der Waals surface area contributed by atoms with Gasteiger partial charge < -0.3 is 5.32 Å². The summed E-state index contributed by atoms with van der Waals surface area (Å²) in [6.45, 7) is 6.25. The predicted molar refractivity (Wildman–Crippen MR) is 62.0 cm³/mol. The average molecular weight is 260 g/mol. The summed E-state index contributed by atoms with van der Waals surface area (Å²) in [6.07, 6.45) is 0. The fourth-order valence-electron chi connectivity index (χ4n) is 1.03. The molecule has 78 valence electrons. The van der Waals surface area contributed by atoms with Crippen LogP contribution in [0.25, 0.3) is 0 Å². The van der Waals surface area contributed by atoms with Crippen LogP contribution >= 0.6 is 15.9 Å². The highest BCUT2D eigenvalue weighted by atomic mass is 79.9. The van der Waals surface area contributed by atoms with E-state index < -0.39 is 0 Å². The number of anilines is 1. The third-order valence-corrected chi connectivity index (χ3v) is 3.00. The van der Waals surface area contributed by atoms with Gasteiger partial charge in [-0.25, -0.2) is 4.39 Å². The lowest BCUT2D eigenvalue weighted by Gasteiger charge is -2.20. The van der Waals surface area contributed by atoms with Crippen LogP contribution in [-0.4, -0.2) is 6.04 Å². The van der Waals surface area contributed by atoms with E-state index in [0.717, 1.165) is 4.47 Å². The molecule has 1 N–H and O–H groups in total. The Morgan fingerprint density at radius 3 is 2.43 bits per heavy atom. The minimum atomic E-state index is -0.216. The largest absolute Gasteiger partial charge is 0.379 e. The lowest BCUT2D eigenvalue weighted by Crippen LogP contribution is -2.22. The first-order valence-corrected chi connectivity index (χ1v) is 5.52. The van der Waals surface area contributed by atoms with Crippen LogP contribution < -0.4 is 5.32 Å². The summed E-state index contributed by atoms with van der Waals surface area (Å²) in [5.41, 5.74) is 0.550. The Balaban J connectivity index is 2.85. The summed E-state index contributed by atoms with van der Waals surface area (Å²) in [5, 5.41) is 3.16. The lowest BCUT2D eigenvalue weighted by molar-refractivity contribution is 0.552. The molecule has 14 heavy (non-hydrogen) atoms. The second-order valence-corrected chi connectivity index (χ2v) is 4.63. The van der Waals surface area contributed by atoms with Gasteiger partial charge in [0.2, 0.25) is 0 Å². The third-order valence-electron chi connectivity index (χ3n) is 2.33. The van der Waals surface area contributed by atoms with Crippen molar-refractivity contribution in [3.8, 4) is 0 Å². The van der Waals surface area contributed by atoms with Crippen LogP contribution in [0.2, 0.25) is 0 Å². The van der Waals surface area contributed by atoms with Crippen molar-refractivity contribution in [3.05, 3.63) is 28.5 Å². The Morgan fingerprint density at radius 2 is 1.93 bits per heavy atom. The Bertz CT molecular complexity index is 292. The van der Waals surface area contributed by atoms with Crippen molar-refractivity contribution in [3.63, 3.8) is 0 Å². The van der Waals surface area contributed by atoms with Crippen molar-refractivity contribution in [1.29, 1.82) is 0 Å². The maximum atomic E-state index is 13.4. The Labute approximate surface area is 92.8 Å². The molecule has 0 saturated heterocycles. The Morgan fingerprint density at radius 1 is 1.29 bits per heavy atom. The first kappa shape index (κ1) is 11.5. The van der Waals surface area contributed by atoms with E-state index in [2.05, 4.69) is 35.1 Å². The van der Waals surface area contributed by atoms with Gasteiger partial charge in [0.15, 0.2) is 0 Å². The van der Waals surface area contributed by atoms with Gasteiger partial charge >= 0.3 is 0 Å². The number of benzene rings is 1. The highest BCUT2D eigenvalue weighted by Gasteiger charge is 2.11. The molecule has 1 nitrogen and oxygen atoms in total. The smallest absolute Gasteiger partial charge is 0.147 e. The molecule has 1 atom stereocenters. The monoisotopic (exact) mass is 259 g/mol. The number of hydrogen-bond acceptors (Lipinski definition) is 1. The van der Waals surface area contributed by atoms with Gasteiger partial charge in [-0.1, -0.05) is 19.9 Å². The van der Waals surface area contributed by atoms with E-state index in [1.165, 1.54) is 6.07 Å². The molecule has 1 rings (SSSR count). The van der Waals surface area contributed by atoms with Gasteiger partial charge in [0.25, 0.3) is 0 Å². The van der Waals surface area contributed by atoms with Crippen LogP contribution in [-0.2, 0) is 0 Å². The van der Waals surface area contributed by atoms with Crippen molar-refractivity contribution < 1.29 is 4.39 Å². The normalized spacial score (nSPS) is 13.0. The summed E-state index contributed by atoms with van der Waals surface area (Å²) in [6, 6.07) is 5.23. The molecule has 0 fully saturated rings. The molecule has 0 aliphatic heterocycles. The Hall–Kier alpha value is -0.570. The van der Waals surface area contributed by atoms with Crippen LogP contribution in [0.15, 0.2) is 22.7 Å². The van der Waals surface area contributed by atoms with Gasteiger partial charge in [-0.15, -0.1) is 0 Å². The fourth-order valence-corrected chi connectivity index (χ4v) is 1.49. The highest BCUT2D eigenvalue weighted by molar-refractivity contribution is 9.10. The van der Waals surface area contributed by atoms with Crippen molar-refractivity contribution >= 4 is 21.6 Å². The van der Waals surface area contributed by atoms with Crippen LogP contribution in [0, 0.1) is 11.7 Å². The molecule has 0 aromatic heterocycles. The van der Waals surface area contributed by atoms with Gasteiger partial charge in [0.1, 0.15) is 5.82 Å². The van der Waals surface area contributed by atoms with E-state index in [1.54, 1.807) is 6.07 Å². The van der Waals surface area contributed by atoms with Gasteiger partial charge in [-0.05, 0) is 40.9 Å². The van der Waals surface area contributed by atoms with E-state index in [-0.39, 0.29) is 11.9 Å². The molecule has 0 radical (unpaired) electrons. The molecule has 0 heterocycles. The van der Waals surface area contributed by atoms with E-state index >= 15 is 0 Å². The summed E-state index contributed by atoms with van der Waals surface area (Å²) >= 11 is 3.32. The zero-order chi connectivity index (χ0) is 10.7. The van der Waals surface area contributed by atoms with Gasteiger partial charge in [0.05, 0.1) is 5.69 Å². The van der Waals surface area contributed by atoms with Crippen LogP contribution in [0.5, 0.6) is 0 Å². The number of rotatable bonds is 3. The summed E-state index contributed by atoms with van der Waals surface area (Å²) < 4.78 is 14.2. The average Bonchev–Trinajstić information content (AvgIpc) is 2.11. The van der Waals surface area contributed by atoms with Crippen molar-refractivity contribution in [1.82, 2.24) is 0 Å². The molecule has 1 aromatic rings. The molecule has 0 spiro atoms. The second kappa shape index (κ2) is 4.78. The molecule has 0 saturated carbocycles. The third kappa shape index (κ3) is 2.71. The predicted octanol–water partition coefficient (Wildman–Crippen LogP) is 4.04. The molecule has 0 aliphatic carbocycles. The first-order chi connectivity index (χ1) is 6.52. The zero-order valence-electron chi connectivity index (χ0n) is 8.64. The van der Waals surface area contributed by atoms with E-state index in [4.69, 9.17) is 0 Å². The SMILES string of the molecule is CC(C)C(C)Nc1c(F)cccc1Br. The number of nitrogens with one attached hydrogen (secondary N) is 1. The summed E-state index contributed by atoms with van der Waals surface area (Å²) in [7, 11) is 0. The molecule has 3 heteroatoms. The van der Waals surface area contributed by atoms with Crippen LogP contribution in [0.4, 0.5) is 10.1 Å². The van der Waals surface area contributed by atoms with Gasteiger partial charge in [-0.2, -0.15) is 0 Å². The topological polar surface area (TPSA) is 12.0 Å². The van der Waals surface area contributed by atoms with Crippen LogP contribution in [0.3, 0.4) is 0 Å².